The summed E-state index contributed by atoms with van der Waals surface area (Å²) in [7, 11) is 0. The zero-order chi connectivity index (χ0) is 17.8. The smallest absolute Gasteiger partial charge is 0.277 e. The third-order valence-electron chi connectivity index (χ3n) is 3.30. The highest BCUT2D eigenvalue weighted by atomic mass is 35.5. The van der Waals surface area contributed by atoms with Gasteiger partial charge in [0.05, 0.1) is 16.3 Å². The SMILES string of the molecule is Cc1cc(Cl)ccc1NC(=O)CSc1nnc(-c2ccccc2Cl)o1. The molecule has 5 nitrogen and oxygen atoms in total. The zero-order valence-electron chi connectivity index (χ0n) is 13.1. The number of benzene rings is 2. The number of nitrogens with zero attached hydrogens (tertiary/aromatic N) is 2. The van der Waals surface area contributed by atoms with E-state index in [9.17, 15) is 4.79 Å². The highest BCUT2D eigenvalue weighted by Crippen LogP contribution is 2.28. The van der Waals surface area contributed by atoms with Gasteiger partial charge in [0, 0.05) is 10.7 Å². The van der Waals surface area contributed by atoms with E-state index in [0.717, 1.165) is 23.0 Å². The van der Waals surface area contributed by atoms with Gasteiger partial charge >= 0.3 is 0 Å². The molecule has 3 aromatic rings. The molecule has 0 aliphatic heterocycles. The fourth-order valence-corrected chi connectivity index (χ4v) is 3.10. The monoisotopic (exact) mass is 393 g/mol. The molecule has 1 N–H and O–H groups in total. The summed E-state index contributed by atoms with van der Waals surface area (Å²) >= 11 is 13.2. The van der Waals surface area contributed by atoms with Crippen molar-refractivity contribution in [2.24, 2.45) is 0 Å². The van der Waals surface area contributed by atoms with E-state index in [-0.39, 0.29) is 11.7 Å². The van der Waals surface area contributed by atoms with Gasteiger partial charge in [-0.2, -0.15) is 0 Å². The second kappa shape index (κ2) is 7.91. The van der Waals surface area contributed by atoms with Gasteiger partial charge in [0.15, 0.2) is 0 Å². The van der Waals surface area contributed by atoms with Gasteiger partial charge < -0.3 is 9.73 Å². The molecule has 0 spiro atoms. The Kier molecular flexibility index (Phi) is 5.63. The van der Waals surface area contributed by atoms with Crippen LogP contribution < -0.4 is 5.32 Å². The fourth-order valence-electron chi connectivity index (χ4n) is 2.09. The maximum absolute atomic E-state index is 12.1. The number of aromatic nitrogens is 2. The van der Waals surface area contributed by atoms with Gasteiger partial charge in [0.2, 0.25) is 11.8 Å². The first kappa shape index (κ1) is 17.8. The summed E-state index contributed by atoms with van der Waals surface area (Å²) < 4.78 is 5.55. The number of thioether (sulfide) groups is 1. The van der Waals surface area contributed by atoms with E-state index < -0.39 is 0 Å². The molecule has 0 radical (unpaired) electrons. The van der Waals surface area contributed by atoms with Crippen molar-refractivity contribution >= 4 is 46.6 Å². The zero-order valence-corrected chi connectivity index (χ0v) is 15.5. The van der Waals surface area contributed by atoms with E-state index in [2.05, 4.69) is 15.5 Å². The molecule has 0 bridgehead atoms. The van der Waals surface area contributed by atoms with Crippen molar-refractivity contribution in [1.29, 1.82) is 0 Å². The molecule has 0 saturated carbocycles. The first-order valence-electron chi connectivity index (χ1n) is 7.30. The number of nitrogens with one attached hydrogen (secondary N) is 1. The van der Waals surface area contributed by atoms with E-state index in [1.165, 1.54) is 0 Å². The van der Waals surface area contributed by atoms with Crippen LogP contribution in [0.3, 0.4) is 0 Å². The van der Waals surface area contributed by atoms with Gasteiger partial charge in [0.25, 0.3) is 5.22 Å². The van der Waals surface area contributed by atoms with Gasteiger partial charge in [-0.1, -0.05) is 47.1 Å². The first-order valence-corrected chi connectivity index (χ1v) is 9.04. The molecule has 1 heterocycles. The minimum atomic E-state index is -0.173. The van der Waals surface area contributed by atoms with E-state index in [1.54, 1.807) is 30.3 Å². The molecular formula is C17H13Cl2N3O2S. The number of hydrogen-bond donors (Lipinski definition) is 1. The summed E-state index contributed by atoms with van der Waals surface area (Å²) in [5, 5.41) is 12.2. The predicted octanol–water partition coefficient (Wildman–Crippen LogP) is 5.08. The van der Waals surface area contributed by atoms with Crippen molar-refractivity contribution in [3.05, 3.63) is 58.1 Å². The van der Waals surface area contributed by atoms with Crippen LogP contribution in [0.2, 0.25) is 10.0 Å². The van der Waals surface area contributed by atoms with Crippen LogP contribution in [0.25, 0.3) is 11.5 Å². The lowest BCUT2D eigenvalue weighted by Gasteiger charge is -2.07. The minimum Gasteiger partial charge on any atom is -0.411 e. The van der Waals surface area contributed by atoms with Crippen LogP contribution in [0.5, 0.6) is 0 Å². The molecule has 0 unspecified atom stereocenters. The van der Waals surface area contributed by atoms with Gasteiger partial charge in [0.1, 0.15) is 0 Å². The third-order valence-corrected chi connectivity index (χ3v) is 4.68. The Morgan fingerprint density at radius 3 is 2.76 bits per heavy atom. The lowest BCUT2D eigenvalue weighted by Crippen LogP contribution is -2.14. The van der Waals surface area contributed by atoms with Crippen molar-refractivity contribution in [3.63, 3.8) is 0 Å². The highest BCUT2D eigenvalue weighted by molar-refractivity contribution is 7.99. The fraction of sp³-hybridized carbons (Fsp3) is 0.118. The molecule has 25 heavy (non-hydrogen) atoms. The number of halogens is 2. The van der Waals surface area contributed by atoms with Gasteiger partial charge in [-0.05, 0) is 42.8 Å². The number of carbonyl (C=O) groups is 1. The van der Waals surface area contributed by atoms with E-state index in [4.69, 9.17) is 27.6 Å². The number of rotatable bonds is 5. The van der Waals surface area contributed by atoms with E-state index >= 15 is 0 Å². The summed E-state index contributed by atoms with van der Waals surface area (Å²) in [5.74, 6) is 0.293. The Morgan fingerprint density at radius 1 is 1.20 bits per heavy atom. The predicted molar refractivity (Wildman–Crippen MR) is 100 cm³/mol. The van der Waals surface area contributed by atoms with Gasteiger partial charge in [-0.3, -0.25) is 4.79 Å². The molecule has 1 amide bonds. The second-order valence-electron chi connectivity index (χ2n) is 5.15. The Hall–Kier alpha value is -2.02. The van der Waals surface area contributed by atoms with Crippen LogP contribution in [0.15, 0.2) is 52.1 Å². The average molecular weight is 394 g/mol. The van der Waals surface area contributed by atoms with E-state index in [0.29, 0.717) is 26.7 Å². The molecule has 3 rings (SSSR count). The van der Waals surface area contributed by atoms with Crippen molar-refractivity contribution < 1.29 is 9.21 Å². The maximum atomic E-state index is 12.1. The summed E-state index contributed by atoms with van der Waals surface area (Å²) in [5.41, 5.74) is 2.27. The lowest BCUT2D eigenvalue weighted by molar-refractivity contribution is -0.113. The van der Waals surface area contributed by atoms with Crippen LogP contribution in [0.1, 0.15) is 5.56 Å². The number of hydrogen-bond acceptors (Lipinski definition) is 5. The van der Waals surface area contributed by atoms with E-state index in [1.807, 2.05) is 19.1 Å². The van der Waals surface area contributed by atoms with Crippen LogP contribution in [-0.2, 0) is 4.79 Å². The molecular weight excluding hydrogens is 381 g/mol. The standard InChI is InChI=1S/C17H13Cl2N3O2S/c1-10-8-11(18)6-7-14(10)20-15(23)9-25-17-22-21-16(24-17)12-4-2-3-5-13(12)19/h2-8H,9H2,1H3,(H,20,23). The van der Waals surface area contributed by atoms with Crippen molar-refractivity contribution in [3.8, 4) is 11.5 Å². The molecule has 0 saturated heterocycles. The number of anilines is 1. The van der Waals surface area contributed by atoms with Crippen LogP contribution >= 0.6 is 35.0 Å². The number of amides is 1. The molecule has 0 aliphatic carbocycles. The summed E-state index contributed by atoms with van der Waals surface area (Å²) in [4.78, 5) is 12.1. The molecule has 8 heteroatoms. The van der Waals surface area contributed by atoms with Crippen molar-refractivity contribution in [2.45, 2.75) is 12.1 Å². The Labute approximate surface area is 158 Å². The second-order valence-corrected chi connectivity index (χ2v) is 6.92. The number of aryl methyl sites for hydroxylation is 1. The molecule has 0 atom stereocenters. The quantitative estimate of drug-likeness (QED) is 0.611. The Morgan fingerprint density at radius 2 is 2.00 bits per heavy atom. The first-order chi connectivity index (χ1) is 12.0. The van der Waals surface area contributed by atoms with Crippen molar-refractivity contribution in [1.82, 2.24) is 10.2 Å². The molecule has 128 valence electrons. The largest absolute Gasteiger partial charge is 0.411 e. The van der Waals surface area contributed by atoms with Crippen LogP contribution in [-0.4, -0.2) is 21.9 Å². The summed E-state index contributed by atoms with van der Waals surface area (Å²) in [6.07, 6.45) is 0. The molecule has 1 aromatic heterocycles. The van der Waals surface area contributed by atoms with Gasteiger partial charge in [-0.15, -0.1) is 10.2 Å². The van der Waals surface area contributed by atoms with Crippen molar-refractivity contribution in [2.75, 3.05) is 11.1 Å². The molecule has 0 aliphatic rings. The normalized spacial score (nSPS) is 10.7. The number of carbonyl (C=O) groups excluding carboxylic acids is 1. The third kappa shape index (κ3) is 4.54. The average Bonchev–Trinajstić information content (AvgIpc) is 3.05. The Balaban J connectivity index is 1.60. The summed E-state index contributed by atoms with van der Waals surface area (Å²) in [6.45, 7) is 1.88. The van der Waals surface area contributed by atoms with Crippen LogP contribution in [0.4, 0.5) is 5.69 Å². The lowest BCUT2D eigenvalue weighted by atomic mass is 10.2. The minimum absolute atomic E-state index is 0.145. The molecule has 2 aromatic carbocycles. The Bertz CT molecular complexity index is 914. The highest BCUT2D eigenvalue weighted by Gasteiger charge is 2.13. The van der Waals surface area contributed by atoms with Crippen LogP contribution in [0, 0.1) is 6.92 Å². The topological polar surface area (TPSA) is 68.0 Å². The summed E-state index contributed by atoms with van der Waals surface area (Å²) in [6, 6.07) is 12.5. The molecule has 0 fully saturated rings. The maximum Gasteiger partial charge on any atom is 0.277 e. The van der Waals surface area contributed by atoms with Gasteiger partial charge in [-0.25, -0.2) is 0 Å².